The van der Waals surface area contributed by atoms with Crippen molar-refractivity contribution in [1.82, 2.24) is 10.3 Å². The number of nitrogens with zero attached hydrogens (tertiary/aromatic N) is 1. The Morgan fingerprint density at radius 3 is 2.68 bits per heavy atom. The normalized spacial score (nSPS) is 11.9. The lowest BCUT2D eigenvalue weighted by Crippen LogP contribution is -2.34. The molecule has 0 saturated carbocycles. The van der Waals surface area contributed by atoms with Crippen molar-refractivity contribution in [3.63, 3.8) is 0 Å². The third-order valence-electron chi connectivity index (χ3n) is 2.76. The van der Waals surface area contributed by atoms with E-state index in [1.165, 1.54) is 0 Å². The molecule has 0 saturated heterocycles. The maximum Gasteiger partial charge on any atom is 0.270 e. The lowest BCUT2D eigenvalue weighted by Gasteiger charge is -2.14. The van der Waals surface area contributed by atoms with Crippen LogP contribution in [0, 0.1) is 0 Å². The fourth-order valence-corrected chi connectivity index (χ4v) is 2.05. The van der Waals surface area contributed by atoms with Gasteiger partial charge in [-0.1, -0.05) is 35.9 Å². The molecule has 98 valence electrons. The highest BCUT2D eigenvalue weighted by Crippen LogP contribution is 2.16. The molecule has 2 rings (SSSR count). The van der Waals surface area contributed by atoms with E-state index in [4.69, 9.17) is 11.6 Å². The highest BCUT2D eigenvalue weighted by molar-refractivity contribution is 6.31. The van der Waals surface area contributed by atoms with Gasteiger partial charge < -0.3 is 5.32 Å². The molecule has 1 N–H and O–H groups in total. The summed E-state index contributed by atoms with van der Waals surface area (Å²) < 4.78 is 0. The number of amides is 1. The molecule has 0 spiro atoms. The number of pyridine rings is 1. The van der Waals surface area contributed by atoms with E-state index in [2.05, 4.69) is 10.3 Å². The van der Waals surface area contributed by atoms with E-state index in [1.807, 2.05) is 31.2 Å². The van der Waals surface area contributed by atoms with Crippen LogP contribution in [-0.4, -0.2) is 16.9 Å². The fraction of sp³-hybridized carbons (Fsp3) is 0.200. The first-order valence-electron chi connectivity index (χ1n) is 6.12. The van der Waals surface area contributed by atoms with E-state index >= 15 is 0 Å². The Bertz CT molecular complexity index is 557. The molecular formula is C15H15ClN2O. The minimum atomic E-state index is -0.167. The molecule has 0 aliphatic heterocycles. The summed E-state index contributed by atoms with van der Waals surface area (Å²) in [6, 6.07) is 12.9. The molecule has 0 bridgehead atoms. The summed E-state index contributed by atoms with van der Waals surface area (Å²) in [5, 5.41) is 3.64. The minimum Gasteiger partial charge on any atom is -0.348 e. The predicted octanol–water partition coefficient (Wildman–Crippen LogP) is 3.10. The third-order valence-corrected chi connectivity index (χ3v) is 3.13. The number of rotatable bonds is 4. The van der Waals surface area contributed by atoms with E-state index < -0.39 is 0 Å². The van der Waals surface area contributed by atoms with Gasteiger partial charge in [0.25, 0.3) is 5.91 Å². The average molecular weight is 275 g/mol. The maximum atomic E-state index is 11.9. The van der Waals surface area contributed by atoms with Crippen molar-refractivity contribution < 1.29 is 4.79 Å². The van der Waals surface area contributed by atoms with E-state index in [0.29, 0.717) is 12.1 Å². The summed E-state index contributed by atoms with van der Waals surface area (Å²) >= 11 is 6.10. The molecule has 4 heteroatoms. The van der Waals surface area contributed by atoms with Gasteiger partial charge in [0.05, 0.1) is 0 Å². The second-order valence-electron chi connectivity index (χ2n) is 4.39. The van der Waals surface area contributed by atoms with Crippen molar-refractivity contribution in [1.29, 1.82) is 0 Å². The largest absolute Gasteiger partial charge is 0.348 e. The SMILES string of the molecule is C[C@@H](Cc1ccccc1Cl)NC(=O)c1ccccn1. The number of halogens is 1. The zero-order chi connectivity index (χ0) is 13.7. The second kappa shape index (κ2) is 6.34. The van der Waals surface area contributed by atoms with Gasteiger partial charge in [0, 0.05) is 17.3 Å². The molecule has 1 heterocycles. The van der Waals surface area contributed by atoms with Crippen LogP contribution < -0.4 is 5.32 Å². The Balaban J connectivity index is 1.97. The molecule has 0 radical (unpaired) electrons. The van der Waals surface area contributed by atoms with Crippen LogP contribution in [0.25, 0.3) is 0 Å². The molecule has 19 heavy (non-hydrogen) atoms. The smallest absolute Gasteiger partial charge is 0.270 e. The molecule has 0 aliphatic rings. The molecule has 1 atom stereocenters. The Morgan fingerprint density at radius 2 is 2.00 bits per heavy atom. The Kier molecular flexibility index (Phi) is 4.53. The monoisotopic (exact) mass is 274 g/mol. The van der Waals surface area contributed by atoms with Crippen LogP contribution >= 0.6 is 11.6 Å². The molecule has 1 amide bonds. The first-order valence-corrected chi connectivity index (χ1v) is 6.50. The summed E-state index contributed by atoms with van der Waals surface area (Å²) in [5.41, 5.74) is 1.45. The van der Waals surface area contributed by atoms with Gasteiger partial charge in [-0.05, 0) is 37.1 Å². The molecule has 0 unspecified atom stereocenters. The van der Waals surface area contributed by atoms with Crippen LogP contribution in [0.5, 0.6) is 0 Å². The van der Waals surface area contributed by atoms with Crippen molar-refractivity contribution in [2.45, 2.75) is 19.4 Å². The Hall–Kier alpha value is -1.87. The number of nitrogens with one attached hydrogen (secondary N) is 1. The van der Waals surface area contributed by atoms with Gasteiger partial charge in [-0.25, -0.2) is 0 Å². The number of benzene rings is 1. The molecule has 3 nitrogen and oxygen atoms in total. The number of carbonyl (C=O) groups excluding carboxylic acids is 1. The predicted molar refractivity (Wildman–Crippen MR) is 76.3 cm³/mol. The summed E-state index contributed by atoms with van der Waals surface area (Å²) in [4.78, 5) is 15.9. The molecule has 1 aromatic carbocycles. The third kappa shape index (κ3) is 3.80. The quantitative estimate of drug-likeness (QED) is 0.931. The van der Waals surface area contributed by atoms with Crippen LogP contribution in [-0.2, 0) is 6.42 Å². The van der Waals surface area contributed by atoms with Crippen LogP contribution in [0.15, 0.2) is 48.7 Å². The number of carbonyl (C=O) groups is 1. The number of aromatic nitrogens is 1. The lowest BCUT2D eigenvalue weighted by molar-refractivity contribution is 0.0935. The summed E-state index contributed by atoms with van der Waals surface area (Å²) in [7, 11) is 0. The topological polar surface area (TPSA) is 42.0 Å². The van der Waals surface area contributed by atoms with E-state index in [9.17, 15) is 4.79 Å². The molecule has 1 aromatic heterocycles. The van der Waals surface area contributed by atoms with Crippen molar-refractivity contribution in [2.75, 3.05) is 0 Å². The molecule has 0 aliphatic carbocycles. The first kappa shape index (κ1) is 13.6. The van der Waals surface area contributed by atoms with Crippen LogP contribution in [0.3, 0.4) is 0 Å². The van der Waals surface area contributed by atoms with Crippen molar-refractivity contribution in [3.05, 3.63) is 64.9 Å². The van der Waals surface area contributed by atoms with Gasteiger partial charge in [0.1, 0.15) is 5.69 Å². The van der Waals surface area contributed by atoms with Gasteiger partial charge in [-0.3, -0.25) is 9.78 Å². The standard InChI is InChI=1S/C15H15ClN2O/c1-11(10-12-6-2-3-7-13(12)16)18-15(19)14-8-4-5-9-17-14/h2-9,11H,10H2,1H3,(H,18,19)/t11-/m0/s1. The van der Waals surface area contributed by atoms with Crippen molar-refractivity contribution in [2.24, 2.45) is 0 Å². The summed E-state index contributed by atoms with van der Waals surface area (Å²) in [6.45, 7) is 1.95. The van der Waals surface area contributed by atoms with E-state index in [-0.39, 0.29) is 11.9 Å². The average Bonchev–Trinajstić information content (AvgIpc) is 2.42. The summed E-state index contributed by atoms with van der Waals surface area (Å²) in [5.74, 6) is -0.167. The second-order valence-corrected chi connectivity index (χ2v) is 4.79. The summed E-state index contributed by atoms with van der Waals surface area (Å²) in [6.07, 6.45) is 2.30. The minimum absolute atomic E-state index is 0.00518. The number of hydrogen-bond donors (Lipinski definition) is 1. The number of hydrogen-bond acceptors (Lipinski definition) is 2. The van der Waals surface area contributed by atoms with Gasteiger partial charge in [-0.2, -0.15) is 0 Å². The molecule has 2 aromatic rings. The van der Waals surface area contributed by atoms with Crippen LogP contribution in [0.4, 0.5) is 0 Å². The van der Waals surface area contributed by atoms with Gasteiger partial charge in [-0.15, -0.1) is 0 Å². The Labute approximate surface area is 117 Å². The van der Waals surface area contributed by atoms with Gasteiger partial charge in [0.2, 0.25) is 0 Å². The maximum absolute atomic E-state index is 11.9. The highest BCUT2D eigenvalue weighted by Gasteiger charge is 2.12. The fourth-order valence-electron chi connectivity index (χ4n) is 1.84. The van der Waals surface area contributed by atoms with E-state index in [1.54, 1.807) is 24.4 Å². The zero-order valence-electron chi connectivity index (χ0n) is 10.6. The highest BCUT2D eigenvalue weighted by atomic mass is 35.5. The molecule has 0 fully saturated rings. The van der Waals surface area contributed by atoms with E-state index in [0.717, 1.165) is 10.6 Å². The molecular weight excluding hydrogens is 260 g/mol. The zero-order valence-corrected chi connectivity index (χ0v) is 11.4. The van der Waals surface area contributed by atoms with Gasteiger partial charge in [0.15, 0.2) is 0 Å². The van der Waals surface area contributed by atoms with Crippen molar-refractivity contribution >= 4 is 17.5 Å². The van der Waals surface area contributed by atoms with Crippen LogP contribution in [0.1, 0.15) is 23.0 Å². The Morgan fingerprint density at radius 1 is 1.26 bits per heavy atom. The van der Waals surface area contributed by atoms with Crippen molar-refractivity contribution in [3.8, 4) is 0 Å². The van der Waals surface area contributed by atoms with Gasteiger partial charge >= 0.3 is 0 Å². The lowest BCUT2D eigenvalue weighted by atomic mass is 10.1. The van der Waals surface area contributed by atoms with Crippen LogP contribution in [0.2, 0.25) is 5.02 Å². The first-order chi connectivity index (χ1) is 9.16.